The molecular formula is C19H20BrNO4. The number of hydrogen-bond acceptors (Lipinski definition) is 4. The predicted molar refractivity (Wildman–Crippen MR) is 99.6 cm³/mol. The highest BCUT2D eigenvalue weighted by atomic mass is 79.9. The maximum Gasteiger partial charge on any atom is 0.347 e. The molecule has 0 aliphatic carbocycles. The highest BCUT2D eigenvalue weighted by molar-refractivity contribution is 9.10. The van der Waals surface area contributed by atoms with E-state index in [1.807, 2.05) is 44.2 Å². The molecule has 0 aliphatic heterocycles. The summed E-state index contributed by atoms with van der Waals surface area (Å²) in [6.07, 6.45) is -0.300. The number of hydrogen-bond donors (Lipinski definition) is 1. The van der Waals surface area contributed by atoms with Gasteiger partial charge in [0, 0.05) is 10.2 Å². The van der Waals surface area contributed by atoms with Crippen molar-refractivity contribution in [3.8, 4) is 5.75 Å². The molecule has 1 amide bonds. The van der Waals surface area contributed by atoms with Gasteiger partial charge in [0.1, 0.15) is 5.75 Å². The normalized spacial score (nSPS) is 11.5. The second-order valence-electron chi connectivity index (χ2n) is 5.44. The quantitative estimate of drug-likeness (QED) is 0.704. The zero-order chi connectivity index (χ0) is 18.2. The molecule has 2 rings (SSSR count). The lowest BCUT2D eigenvalue weighted by molar-refractivity contribution is -0.154. The Hall–Kier alpha value is -2.34. The van der Waals surface area contributed by atoms with Gasteiger partial charge < -0.3 is 14.8 Å². The van der Waals surface area contributed by atoms with Gasteiger partial charge in [-0.25, -0.2) is 4.79 Å². The number of para-hydroxylation sites is 1. The third kappa shape index (κ3) is 5.90. The van der Waals surface area contributed by atoms with Crippen LogP contribution in [0.5, 0.6) is 5.75 Å². The first-order chi connectivity index (χ1) is 12.0. The molecule has 132 valence electrons. The molecule has 1 N–H and O–H groups in total. The lowest BCUT2D eigenvalue weighted by Gasteiger charge is -2.16. The standard InChI is InChI=1S/C19H20BrNO4/c1-3-17(25-15-7-5-4-6-8-15)19(23)24-12-18(22)21-16-10-9-14(20)11-13(16)2/h4-11,17H,3,12H2,1-2H3,(H,21,22)/t17-/m1/s1. The molecule has 0 saturated carbocycles. The Labute approximate surface area is 155 Å². The van der Waals surface area contributed by atoms with Crippen LogP contribution in [0, 0.1) is 6.92 Å². The highest BCUT2D eigenvalue weighted by Gasteiger charge is 2.21. The van der Waals surface area contributed by atoms with Crippen LogP contribution in [0.4, 0.5) is 5.69 Å². The zero-order valence-corrected chi connectivity index (χ0v) is 15.7. The van der Waals surface area contributed by atoms with Crippen LogP contribution in [0.25, 0.3) is 0 Å². The van der Waals surface area contributed by atoms with Crippen LogP contribution in [0.15, 0.2) is 53.0 Å². The summed E-state index contributed by atoms with van der Waals surface area (Å²) in [6, 6.07) is 14.5. The number of rotatable bonds is 7. The molecule has 0 fully saturated rings. The maximum atomic E-state index is 12.1. The number of halogens is 1. The van der Waals surface area contributed by atoms with Crippen molar-refractivity contribution in [3.05, 3.63) is 58.6 Å². The van der Waals surface area contributed by atoms with Crippen LogP contribution in [0.2, 0.25) is 0 Å². The van der Waals surface area contributed by atoms with Gasteiger partial charge in [0.15, 0.2) is 12.7 Å². The van der Waals surface area contributed by atoms with E-state index in [0.717, 1.165) is 10.0 Å². The van der Waals surface area contributed by atoms with E-state index in [2.05, 4.69) is 21.2 Å². The number of benzene rings is 2. The topological polar surface area (TPSA) is 64.6 Å². The van der Waals surface area contributed by atoms with Gasteiger partial charge in [-0.05, 0) is 49.2 Å². The fourth-order valence-electron chi connectivity index (χ4n) is 2.14. The minimum atomic E-state index is -0.746. The Balaban J connectivity index is 1.86. The van der Waals surface area contributed by atoms with E-state index in [0.29, 0.717) is 17.9 Å². The largest absolute Gasteiger partial charge is 0.479 e. The maximum absolute atomic E-state index is 12.1. The molecule has 0 unspecified atom stereocenters. The summed E-state index contributed by atoms with van der Waals surface area (Å²) in [5.74, 6) is -0.372. The SMILES string of the molecule is CC[C@@H](Oc1ccccc1)C(=O)OCC(=O)Nc1ccc(Br)cc1C. The van der Waals surface area contributed by atoms with E-state index in [9.17, 15) is 9.59 Å². The number of carbonyl (C=O) groups excluding carboxylic acids is 2. The molecule has 0 radical (unpaired) electrons. The van der Waals surface area contributed by atoms with Crippen LogP contribution in [-0.2, 0) is 14.3 Å². The zero-order valence-electron chi connectivity index (χ0n) is 14.1. The molecule has 1 atom stereocenters. The second-order valence-corrected chi connectivity index (χ2v) is 6.36. The van der Waals surface area contributed by atoms with Crippen LogP contribution in [0.3, 0.4) is 0 Å². The van der Waals surface area contributed by atoms with Crippen LogP contribution in [-0.4, -0.2) is 24.6 Å². The third-order valence-corrected chi connectivity index (χ3v) is 3.96. The summed E-state index contributed by atoms with van der Waals surface area (Å²) in [4.78, 5) is 24.1. The number of amides is 1. The molecule has 5 nitrogen and oxygen atoms in total. The Morgan fingerprint density at radius 3 is 2.52 bits per heavy atom. The summed E-state index contributed by atoms with van der Waals surface area (Å²) in [7, 11) is 0. The smallest absolute Gasteiger partial charge is 0.347 e. The predicted octanol–water partition coefficient (Wildman–Crippen LogP) is 4.10. The first-order valence-corrected chi connectivity index (χ1v) is 8.73. The van der Waals surface area contributed by atoms with Crippen molar-refractivity contribution >= 4 is 33.5 Å². The van der Waals surface area contributed by atoms with Gasteiger partial charge >= 0.3 is 5.97 Å². The minimum Gasteiger partial charge on any atom is -0.479 e. The van der Waals surface area contributed by atoms with Crippen LogP contribution >= 0.6 is 15.9 Å². The van der Waals surface area contributed by atoms with E-state index >= 15 is 0 Å². The highest BCUT2D eigenvalue weighted by Crippen LogP contribution is 2.20. The van der Waals surface area contributed by atoms with Gasteiger partial charge in [-0.1, -0.05) is 41.1 Å². The van der Waals surface area contributed by atoms with Crippen LogP contribution < -0.4 is 10.1 Å². The van der Waals surface area contributed by atoms with E-state index in [-0.39, 0.29) is 6.61 Å². The Kier molecular flexibility index (Phi) is 7.01. The molecule has 0 saturated heterocycles. The van der Waals surface area contributed by atoms with Crippen molar-refractivity contribution in [1.29, 1.82) is 0 Å². The Bertz CT molecular complexity index is 733. The monoisotopic (exact) mass is 405 g/mol. The molecule has 0 bridgehead atoms. The summed E-state index contributed by atoms with van der Waals surface area (Å²) in [5.41, 5.74) is 1.59. The van der Waals surface area contributed by atoms with Crippen molar-refractivity contribution in [2.24, 2.45) is 0 Å². The molecule has 0 spiro atoms. The average molecular weight is 406 g/mol. The number of anilines is 1. The molecule has 0 aromatic heterocycles. The van der Waals surface area contributed by atoms with Crippen LogP contribution in [0.1, 0.15) is 18.9 Å². The number of carbonyl (C=O) groups is 2. The van der Waals surface area contributed by atoms with Crippen molar-refractivity contribution < 1.29 is 19.1 Å². The number of aryl methyl sites for hydroxylation is 1. The summed E-state index contributed by atoms with van der Waals surface area (Å²) < 4.78 is 11.6. The molecule has 0 aliphatic rings. The van der Waals surface area contributed by atoms with E-state index in [1.54, 1.807) is 18.2 Å². The second kappa shape index (κ2) is 9.22. The van der Waals surface area contributed by atoms with Crippen molar-refractivity contribution in [2.75, 3.05) is 11.9 Å². The van der Waals surface area contributed by atoms with Gasteiger partial charge in [0.2, 0.25) is 0 Å². The number of ether oxygens (including phenoxy) is 2. The summed E-state index contributed by atoms with van der Waals surface area (Å²) in [5, 5.41) is 2.72. The lowest BCUT2D eigenvalue weighted by Crippen LogP contribution is -2.31. The fourth-order valence-corrected chi connectivity index (χ4v) is 2.62. The van der Waals surface area contributed by atoms with Crippen molar-refractivity contribution in [1.82, 2.24) is 0 Å². The number of esters is 1. The molecule has 25 heavy (non-hydrogen) atoms. The fraction of sp³-hybridized carbons (Fsp3) is 0.263. The van der Waals surface area contributed by atoms with Crippen molar-refractivity contribution in [3.63, 3.8) is 0 Å². The average Bonchev–Trinajstić information content (AvgIpc) is 2.61. The minimum absolute atomic E-state index is 0.358. The first kappa shape index (κ1) is 19.0. The third-order valence-electron chi connectivity index (χ3n) is 3.46. The number of nitrogens with one attached hydrogen (secondary N) is 1. The Morgan fingerprint density at radius 2 is 1.88 bits per heavy atom. The molecule has 6 heteroatoms. The van der Waals surface area contributed by atoms with E-state index in [4.69, 9.17) is 9.47 Å². The van der Waals surface area contributed by atoms with Gasteiger partial charge in [0.05, 0.1) is 0 Å². The molecule has 2 aromatic carbocycles. The van der Waals surface area contributed by atoms with Gasteiger partial charge in [0.25, 0.3) is 5.91 Å². The lowest BCUT2D eigenvalue weighted by atomic mass is 10.2. The molecule has 2 aromatic rings. The van der Waals surface area contributed by atoms with Gasteiger partial charge in [-0.2, -0.15) is 0 Å². The van der Waals surface area contributed by atoms with E-state index < -0.39 is 18.0 Å². The van der Waals surface area contributed by atoms with Crippen molar-refractivity contribution in [2.45, 2.75) is 26.4 Å². The first-order valence-electron chi connectivity index (χ1n) is 7.94. The Morgan fingerprint density at radius 1 is 1.16 bits per heavy atom. The molecular weight excluding hydrogens is 386 g/mol. The summed E-state index contributed by atoms with van der Waals surface area (Å²) >= 11 is 3.37. The summed E-state index contributed by atoms with van der Waals surface area (Å²) in [6.45, 7) is 3.34. The van der Waals surface area contributed by atoms with Gasteiger partial charge in [-0.15, -0.1) is 0 Å². The van der Waals surface area contributed by atoms with E-state index in [1.165, 1.54) is 0 Å². The van der Waals surface area contributed by atoms with Gasteiger partial charge in [-0.3, -0.25) is 4.79 Å². The molecule has 0 heterocycles.